The highest BCUT2D eigenvalue weighted by Gasteiger charge is 2.17. The molecule has 0 saturated carbocycles. The first-order valence-corrected chi connectivity index (χ1v) is 5.30. The standard InChI is InChI=1S/C11H14ClFN2O/c1-6(7(2)14)11(16)15-10-4-8(12)3-9(13)5-10/h3-7H,14H2,1-2H3,(H,15,16). The molecule has 0 aliphatic rings. The SMILES string of the molecule is CC(N)C(C)C(=O)Nc1cc(F)cc(Cl)c1. The van der Waals surface area contributed by atoms with Crippen molar-refractivity contribution in [2.45, 2.75) is 19.9 Å². The van der Waals surface area contributed by atoms with Crippen LogP contribution in [0.4, 0.5) is 10.1 Å². The number of anilines is 1. The van der Waals surface area contributed by atoms with Crippen LogP contribution in [0.2, 0.25) is 5.02 Å². The highest BCUT2D eigenvalue weighted by atomic mass is 35.5. The second-order valence-electron chi connectivity index (χ2n) is 3.80. The molecule has 1 aromatic carbocycles. The fraction of sp³-hybridized carbons (Fsp3) is 0.364. The van der Waals surface area contributed by atoms with Gasteiger partial charge in [-0.2, -0.15) is 0 Å². The van der Waals surface area contributed by atoms with Gasteiger partial charge in [-0.25, -0.2) is 4.39 Å². The van der Waals surface area contributed by atoms with Crippen LogP contribution in [0.15, 0.2) is 18.2 Å². The summed E-state index contributed by atoms with van der Waals surface area (Å²) in [5, 5.41) is 2.80. The number of nitrogens with two attached hydrogens (primary N) is 1. The van der Waals surface area contributed by atoms with Crippen molar-refractivity contribution in [2.24, 2.45) is 11.7 Å². The van der Waals surface area contributed by atoms with Gasteiger partial charge in [-0.3, -0.25) is 4.79 Å². The van der Waals surface area contributed by atoms with E-state index in [0.29, 0.717) is 5.69 Å². The van der Waals surface area contributed by atoms with E-state index in [4.69, 9.17) is 17.3 Å². The molecule has 0 spiro atoms. The Bertz CT molecular complexity index is 375. The maximum atomic E-state index is 13.0. The lowest BCUT2D eigenvalue weighted by Crippen LogP contribution is -2.34. The molecule has 5 heteroatoms. The normalized spacial score (nSPS) is 14.3. The number of hydrogen-bond donors (Lipinski definition) is 2. The number of rotatable bonds is 3. The summed E-state index contributed by atoms with van der Waals surface area (Å²) in [6.45, 7) is 3.45. The van der Waals surface area contributed by atoms with E-state index in [9.17, 15) is 9.18 Å². The molecule has 0 radical (unpaired) electrons. The molecule has 0 bridgehead atoms. The van der Waals surface area contributed by atoms with Crippen LogP contribution in [0, 0.1) is 11.7 Å². The molecule has 0 saturated heterocycles. The Labute approximate surface area is 98.8 Å². The number of nitrogens with one attached hydrogen (secondary N) is 1. The van der Waals surface area contributed by atoms with Gasteiger partial charge >= 0.3 is 0 Å². The summed E-state index contributed by atoms with van der Waals surface area (Å²) in [5.74, 6) is -1.09. The molecular formula is C11H14ClFN2O. The van der Waals surface area contributed by atoms with Gasteiger partial charge in [-0.1, -0.05) is 18.5 Å². The molecule has 16 heavy (non-hydrogen) atoms. The van der Waals surface area contributed by atoms with E-state index in [0.717, 1.165) is 0 Å². The molecule has 2 atom stereocenters. The van der Waals surface area contributed by atoms with Gasteiger partial charge < -0.3 is 11.1 Å². The van der Waals surface area contributed by atoms with E-state index >= 15 is 0 Å². The van der Waals surface area contributed by atoms with E-state index < -0.39 is 5.82 Å². The third-order valence-electron chi connectivity index (χ3n) is 2.33. The van der Waals surface area contributed by atoms with E-state index in [1.807, 2.05) is 0 Å². The molecule has 1 amide bonds. The van der Waals surface area contributed by atoms with E-state index in [-0.39, 0.29) is 22.9 Å². The van der Waals surface area contributed by atoms with Gasteiger partial charge in [0.2, 0.25) is 5.91 Å². The van der Waals surface area contributed by atoms with Crippen molar-refractivity contribution in [1.82, 2.24) is 0 Å². The van der Waals surface area contributed by atoms with Crippen molar-refractivity contribution in [3.63, 3.8) is 0 Å². The predicted molar refractivity (Wildman–Crippen MR) is 62.9 cm³/mol. The molecule has 88 valence electrons. The molecule has 3 N–H and O–H groups in total. The van der Waals surface area contributed by atoms with Crippen molar-refractivity contribution in [3.8, 4) is 0 Å². The van der Waals surface area contributed by atoms with Crippen molar-refractivity contribution in [1.29, 1.82) is 0 Å². The van der Waals surface area contributed by atoms with Gasteiger partial charge in [-0.05, 0) is 25.1 Å². The summed E-state index contributed by atoms with van der Waals surface area (Å²) < 4.78 is 13.0. The number of carbonyl (C=O) groups is 1. The molecule has 0 heterocycles. The topological polar surface area (TPSA) is 55.1 Å². The lowest BCUT2D eigenvalue weighted by Gasteiger charge is -2.15. The average molecular weight is 245 g/mol. The van der Waals surface area contributed by atoms with Crippen molar-refractivity contribution in [2.75, 3.05) is 5.32 Å². The summed E-state index contributed by atoms with van der Waals surface area (Å²) in [7, 11) is 0. The monoisotopic (exact) mass is 244 g/mol. The summed E-state index contributed by atoms with van der Waals surface area (Å²) in [5.41, 5.74) is 5.92. The van der Waals surface area contributed by atoms with Crippen LogP contribution < -0.4 is 11.1 Å². The minimum absolute atomic E-state index is 0.240. The number of halogens is 2. The van der Waals surface area contributed by atoms with Gasteiger partial charge in [0.05, 0.1) is 5.92 Å². The first-order valence-electron chi connectivity index (χ1n) is 4.92. The van der Waals surface area contributed by atoms with Crippen LogP contribution >= 0.6 is 11.6 Å². The summed E-state index contributed by atoms with van der Waals surface area (Å²) in [4.78, 5) is 11.6. The molecule has 1 aromatic rings. The lowest BCUT2D eigenvalue weighted by molar-refractivity contribution is -0.119. The van der Waals surface area contributed by atoms with Crippen molar-refractivity contribution >= 4 is 23.2 Å². The maximum absolute atomic E-state index is 13.0. The van der Waals surface area contributed by atoms with Crippen LogP contribution in [0.5, 0.6) is 0 Å². The Hall–Kier alpha value is -1.13. The van der Waals surface area contributed by atoms with E-state index in [1.165, 1.54) is 18.2 Å². The summed E-state index contributed by atoms with van der Waals surface area (Å²) >= 11 is 5.66. The highest BCUT2D eigenvalue weighted by molar-refractivity contribution is 6.30. The summed E-state index contributed by atoms with van der Waals surface area (Å²) in [6, 6.07) is 3.60. The van der Waals surface area contributed by atoms with Crippen LogP contribution in [0.3, 0.4) is 0 Å². The van der Waals surface area contributed by atoms with Gasteiger partial charge in [0.1, 0.15) is 5.82 Å². The van der Waals surface area contributed by atoms with Crippen LogP contribution in [-0.4, -0.2) is 11.9 Å². The average Bonchev–Trinajstić information content (AvgIpc) is 2.14. The largest absolute Gasteiger partial charge is 0.327 e. The third kappa shape index (κ3) is 3.47. The van der Waals surface area contributed by atoms with Gasteiger partial charge in [0.25, 0.3) is 0 Å². The van der Waals surface area contributed by atoms with Crippen molar-refractivity contribution in [3.05, 3.63) is 29.0 Å². The highest BCUT2D eigenvalue weighted by Crippen LogP contribution is 2.18. The Morgan fingerprint density at radius 1 is 1.44 bits per heavy atom. The first-order chi connectivity index (χ1) is 7.40. The number of carbonyl (C=O) groups excluding carboxylic acids is 1. The minimum atomic E-state index is -0.490. The zero-order valence-corrected chi connectivity index (χ0v) is 9.88. The van der Waals surface area contributed by atoms with Gasteiger partial charge in [0.15, 0.2) is 0 Å². The molecule has 2 unspecified atom stereocenters. The zero-order valence-electron chi connectivity index (χ0n) is 9.13. The van der Waals surface area contributed by atoms with Crippen molar-refractivity contribution < 1.29 is 9.18 Å². The fourth-order valence-corrected chi connectivity index (χ4v) is 1.34. The molecule has 3 nitrogen and oxygen atoms in total. The lowest BCUT2D eigenvalue weighted by atomic mass is 10.0. The molecular weight excluding hydrogens is 231 g/mol. The van der Waals surface area contributed by atoms with Crippen LogP contribution in [0.25, 0.3) is 0 Å². The second-order valence-corrected chi connectivity index (χ2v) is 4.23. The Morgan fingerprint density at radius 3 is 2.56 bits per heavy atom. The Balaban J connectivity index is 2.77. The Morgan fingerprint density at radius 2 is 2.06 bits per heavy atom. The molecule has 0 aromatic heterocycles. The minimum Gasteiger partial charge on any atom is -0.327 e. The predicted octanol–water partition coefficient (Wildman–Crippen LogP) is 2.40. The smallest absolute Gasteiger partial charge is 0.228 e. The molecule has 0 aliphatic carbocycles. The second kappa shape index (κ2) is 5.27. The number of benzene rings is 1. The fourth-order valence-electron chi connectivity index (χ4n) is 1.12. The summed E-state index contributed by atoms with van der Waals surface area (Å²) in [6.07, 6.45) is 0. The molecule has 0 fully saturated rings. The van der Waals surface area contributed by atoms with Crippen LogP contribution in [0.1, 0.15) is 13.8 Å². The number of amides is 1. The third-order valence-corrected chi connectivity index (χ3v) is 2.55. The van der Waals surface area contributed by atoms with Crippen LogP contribution in [-0.2, 0) is 4.79 Å². The van der Waals surface area contributed by atoms with Gasteiger partial charge in [0, 0.05) is 16.8 Å². The zero-order chi connectivity index (χ0) is 12.3. The van der Waals surface area contributed by atoms with Gasteiger partial charge in [-0.15, -0.1) is 0 Å². The first kappa shape index (κ1) is 12.9. The maximum Gasteiger partial charge on any atom is 0.228 e. The quantitative estimate of drug-likeness (QED) is 0.858. The molecule has 1 rings (SSSR count). The van der Waals surface area contributed by atoms with E-state index in [1.54, 1.807) is 13.8 Å². The van der Waals surface area contributed by atoms with E-state index in [2.05, 4.69) is 5.32 Å². The number of hydrogen-bond acceptors (Lipinski definition) is 2. The Kier molecular flexibility index (Phi) is 4.26. The molecule has 0 aliphatic heterocycles.